The summed E-state index contributed by atoms with van der Waals surface area (Å²) in [5.74, 6) is -0.0290. The molecule has 0 aromatic heterocycles. The number of carbonyl (C=O) groups excluding carboxylic acids is 4. The van der Waals surface area contributed by atoms with Crippen molar-refractivity contribution in [2.24, 2.45) is 17.8 Å². The van der Waals surface area contributed by atoms with Crippen molar-refractivity contribution in [1.82, 2.24) is 0 Å². The number of hydrogen-bond acceptors (Lipinski definition) is 15. The number of hydrogen-bond donors (Lipinski definition) is 3. The van der Waals surface area contributed by atoms with Gasteiger partial charge in [-0.1, -0.05) is 318 Å². The van der Waals surface area contributed by atoms with Crippen molar-refractivity contribution in [2.45, 2.75) is 388 Å². The lowest BCUT2D eigenvalue weighted by molar-refractivity contribution is -0.161. The second kappa shape index (κ2) is 63.8. The van der Waals surface area contributed by atoms with Gasteiger partial charge in [0.05, 0.1) is 26.4 Å². The third kappa shape index (κ3) is 66.7. The van der Waals surface area contributed by atoms with Gasteiger partial charge in [0.25, 0.3) is 0 Å². The zero-order valence-electron chi connectivity index (χ0n) is 60.0. The van der Waals surface area contributed by atoms with E-state index in [-0.39, 0.29) is 25.7 Å². The molecule has 0 heterocycles. The Bertz CT molecular complexity index is 1800. The van der Waals surface area contributed by atoms with Crippen LogP contribution >= 0.6 is 15.6 Å². The molecule has 0 bridgehead atoms. The van der Waals surface area contributed by atoms with E-state index in [1.165, 1.54) is 173 Å². The van der Waals surface area contributed by atoms with Gasteiger partial charge in [0.15, 0.2) is 12.2 Å². The van der Waals surface area contributed by atoms with E-state index in [9.17, 15) is 43.2 Å². The molecule has 3 N–H and O–H groups in total. The van der Waals surface area contributed by atoms with Gasteiger partial charge in [-0.15, -0.1) is 0 Å². The van der Waals surface area contributed by atoms with Gasteiger partial charge in [-0.3, -0.25) is 37.3 Å². The molecule has 0 radical (unpaired) electrons. The third-order valence-corrected chi connectivity index (χ3v) is 18.8. The molecular formula is C73H142O17P2. The van der Waals surface area contributed by atoms with E-state index in [4.69, 9.17) is 37.0 Å². The lowest BCUT2D eigenvalue weighted by Gasteiger charge is -2.21. The van der Waals surface area contributed by atoms with E-state index < -0.39 is 97.5 Å². The first-order valence-electron chi connectivity index (χ1n) is 37.8. The van der Waals surface area contributed by atoms with E-state index in [0.717, 1.165) is 102 Å². The lowest BCUT2D eigenvalue weighted by atomic mass is 10.0. The summed E-state index contributed by atoms with van der Waals surface area (Å²) in [4.78, 5) is 72.5. The molecule has 0 aliphatic carbocycles. The van der Waals surface area contributed by atoms with Crippen LogP contribution in [0.5, 0.6) is 0 Å². The monoisotopic (exact) mass is 1350 g/mol. The second-order valence-electron chi connectivity index (χ2n) is 27.8. The fourth-order valence-corrected chi connectivity index (χ4v) is 12.7. The van der Waals surface area contributed by atoms with E-state index in [1.807, 2.05) is 0 Å². The summed E-state index contributed by atoms with van der Waals surface area (Å²) in [5, 5.41) is 10.6. The van der Waals surface area contributed by atoms with Crippen molar-refractivity contribution in [2.75, 3.05) is 39.6 Å². The number of phosphoric ester groups is 2. The number of rotatable bonds is 71. The van der Waals surface area contributed by atoms with Crippen molar-refractivity contribution in [3.63, 3.8) is 0 Å². The fourth-order valence-electron chi connectivity index (χ4n) is 11.1. The van der Waals surface area contributed by atoms with Crippen molar-refractivity contribution < 1.29 is 80.2 Å². The molecule has 2 unspecified atom stereocenters. The zero-order chi connectivity index (χ0) is 68.0. The highest BCUT2D eigenvalue weighted by molar-refractivity contribution is 7.47. The highest BCUT2D eigenvalue weighted by Crippen LogP contribution is 2.45. The average Bonchev–Trinajstić information content (AvgIpc) is 2.26. The normalized spacial score (nSPS) is 14.1. The Morgan fingerprint density at radius 1 is 0.293 bits per heavy atom. The van der Waals surface area contributed by atoms with Crippen LogP contribution in [0.25, 0.3) is 0 Å². The van der Waals surface area contributed by atoms with Crippen LogP contribution in [-0.4, -0.2) is 96.7 Å². The molecule has 0 aliphatic heterocycles. The molecule has 0 amide bonds. The molecular weight excluding hydrogens is 1210 g/mol. The molecule has 0 aliphatic rings. The first kappa shape index (κ1) is 90.1. The Hall–Kier alpha value is -1.94. The van der Waals surface area contributed by atoms with Crippen molar-refractivity contribution >= 4 is 39.5 Å². The van der Waals surface area contributed by atoms with Crippen LogP contribution in [0, 0.1) is 17.8 Å². The van der Waals surface area contributed by atoms with Crippen LogP contribution in [0.2, 0.25) is 0 Å². The molecule has 0 fully saturated rings. The SMILES string of the molecule is CCCCCCCCCCCCCCCCCCCCCCCCC(=O)O[C@H](COC(=O)CCCCCCCCCCC(C)C)COP(=O)(O)OC[C@@H](O)COP(=O)(O)OC[C@@H](COC(=O)CCCCCCCCC(C)C)OC(=O)CCCCCCCCCC(C)C. The number of unbranched alkanes of at least 4 members (excludes halogenated alkanes) is 39. The van der Waals surface area contributed by atoms with Crippen molar-refractivity contribution in [3.8, 4) is 0 Å². The standard InChI is InChI=1S/C73H142O17P2/c1-8-9-10-11-12-13-14-15-16-17-18-19-20-21-22-23-24-25-26-33-42-49-56-72(77)89-68(60-83-70(75)54-47-40-32-28-27-30-37-44-51-64(2)3)62-87-91(79,80)85-58-67(74)59-86-92(81,82)88-63-69(61-84-71(76)55-48-41-36-35-39-46-53-66(6)7)90-73(78)57-50-43-34-29-31-38-45-52-65(4)5/h64-69,74H,8-63H2,1-7H3,(H,79,80)(H,81,82)/t67-,68-,69-/m1/s1. The number of esters is 4. The third-order valence-electron chi connectivity index (χ3n) is 16.9. The molecule has 92 heavy (non-hydrogen) atoms. The molecule has 0 rings (SSSR count). The first-order valence-corrected chi connectivity index (χ1v) is 40.8. The highest BCUT2D eigenvalue weighted by atomic mass is 31.2. The van der Waals surface area contributed by atoms with Gasteiger partial charge in [-0.05, 0) is 43.4 Å². The number of carbonyl (C=O) groups is 4. The molecule has 19 heteroatoms. The molecule has 546 valence electrons. The maximum absolute atomic E-state index is 13.0. The summed E-state index contributed by atoms with van der Waals surface area (Å²) in [6.07, 6.45) is 49.2. The van der Waals surface area contributed by atoms with E-state index >= 15 is 0 Å². The maximum Gasteiger partial charge on any atom is 0.472 e. The Morgan fingerprint density at radius 2 is 0.500 bits per heavy atom. The van der Waals surface area contributed by atoms with Gasteiger partial charge < -0.3 is 33.8 Å². The zero-order valence-corrected chi connectivity index (χ0v) is 61.8. The second-order valence-corrected chi connectivity index (χ2v) is 30.7. The Kier molecular flexibility index (Phi) is 62.4. The molecule has 0 aromatic rings. The smallest absolute Gasteiger partial charge is 0.462 e. The lowest BCUT2D eigenvalue weighted by Crippen LogP contribution is -2.30. The van der Waals surface area contributed by atoms with Crippen molar-refractivity contribution in [3.05, 3.63) is 0 Å². The highest BCUT2D eigenvalue weighted by Gasteiger charge is 2.30. The summed E-state index contributed by atoms with van der Waals surface area (Å²) < 4.78 is 68.3. The van der Waals surface area contributed by atoms with Gasteiger partial charge in [0.1, 0.15) is 19.3 Å². The maximum atomic E-state index is 13.0. The quantitative estimate of drug-likeness (QED) is 0.0222. The summed E-state index contributed by atoms with van der Waals surface area (Å²) >= 11 is 0. The average molecular weight is 1350 g/mol. The summed E-state index contributed by atoms with van der Waals surface area (Å²) in [5.41, 5.74) is 0. The van der Waals surface area contributed by atoms with Crippen molar-refractivity contribution in [1.29, 1.82) is 0 Å². The predicted molar refractivity (Wildman–Crippen MR) is 372 cm³/mol. The number of aliphatic hydroxyl groups is 1. The molecule has 17 nitrogen and oxygen atoms in total. The molecule has 0 saturated heterocycles. The van der Waals surface area contributed by atoms with E-state index in [2.05, 4.69) is 48.5 Å². The predicted octanol–water partition coefficient (Wildman–Crippen LogP) is 21.0. The minimum Gasteiger partial charge on any atom is -0.462 e. The minimum absolute atomic E-state index is 0.102. The Morgan fingerprint density at radius 3 is 0.739 bits per heavy atom. The first-order chi connectivity index (χ1) is 44.2. The van der Waals surface area contributed by atoms with Gasteiger partial charge in [-0.25, -0.2) is 9.13 Å². The number of aliphatic hydroxyl groups excluding tert-OH is 1. The molecule has 5 atom stereocenters. The van der Waals surface area contributed by atoms with E-state index in [1.54, 1.807) is 0 Å². The van der Waals surface area contributed by atoms with Gasteiger partial charge in [-0.2, -0.15) is 0 Å². The van der Waals surface area contributed by atoms with Gasteiger partial charge in [0.2, 0.25) is 0 Å². The van der Waals surface area contributed by atoms with Crippen LogP contribution in [0.15, 0.2) is 0 Å². The van der Waals surface area contributed by atoms with Gasteiger partial charge in [0, 0.05) is 25.7 Å². The molecule has 0 spiro atoms. The topological polar surface area (TPSA) is 237 Å². The molecule has 0 saturated carbocycles. The summed E-state index contributed by atoms with van der Waals surface area (Å²) in [7, 11) is -9.90. The van der Waals surface area contributed by atoms with Crippen LogP contribution in [0.3, 0.4) is 0 Å². The van der Waals surface area contributed by atoms with E-state index in [0.29, 0.717) is 37.5 Å². The molecule has 0 aromatic carbocycles. The summed E-state index contributed by atoms with van der Waals surface area (Å²) in [6, 6.07) is 0. The minimum atomic E-state index is -4.95. The fraction of sp³-hybridized carbons (Fsp3) is 0.945. The van der Waals surface area contributed by atoms with Crippen LogP contribution < -0.4 is 0 Å². The van der Waals surface area contributed by atoms with Crippen LogP contribution in [0.4, 0.5) is 0 Å². The number of ether oxygens (including phenoxy) is 4. The van der Waals surface area contributed by atoms with Crippen LogP contribution in [0.1, 0.15) is 370 Å². The number of phosphoric acid groups is 2. The van der Waals surface area contributed by atoms with Gasteiger partial charge >= 0.3 is 39.5 Å². The largest absolute Gasteiger partial charge is 0.472 e. The Balaban J connectivity index is 5.14. The van der Waals surface area contributed by atoms with Crippen LogP contribution in [-0.2, 0) is 65.4 Å². The Labute approximate surface area is 562 Å². The summed E-state index contributed by atoms with van der Waals surface area (Å²) in [6.45, 7) is 11.7.